The van der Waals surface area contributed by atoms with Gasteiger partial charge in [-0.15, -0.1) is 0 Å². The maximum Gasteiger partial charge on any atom is 0.324 e. The van der Waals surface area contributed by atoms with Crippen LogP contribution in [0.3, 0.4) is 0 Å². The molecule has 0 saturated carbocycles. The molecule has 0 radical (unpaired) electrons. The number of aromatic amines is 1. The van der Waals surface area contributed by atoms with Crippen molar-refractivity contribution >= 4 is 22.8 Å². The minimum Gasteiger partial charge on any atom is -0.389 e. The van der Waals surface area contributed by atoms with E-state index in [9.17, 15) is 14.7 Å². The van der Waals surface area contributed by atoms with Crippen LogP contribution < -0.4 is 5.32 Å². The summed E-state index contributed by atoms with van der Waals surface area (Å²) in [6.07, 6.45) is 1.31. The molecule has 3 amide bonds. The smallest absolute Gasteiger partial charge is 0.324 e. The molecule has 2 unspecified atom stereocenters. The molecule has 1 fully saturated rings. The predicted molar refractivity (Wildman–Crippen MR) is 108 cm³/mol. The SMILES string of the molecule is O=C1NC(Cc2c[nH]c3ccccc23)C(=O)N1CC(O)COCc1ccccc1. The summed E-state index contributed by atoms with van der Waals surface area (Å²) in [6.45, 7) is 0.310. The number of carbonyl (C=O) groups is 2. The quantitative estimate of drug-likeness (QED) is 0.512. The van der Waals surface area contributed by atoms with E-state index in [0.29, 0.717) is 13.0 Å². The second kappa shape index (κ2) is 8.46. The molecule has 1 aliphatic heterocycles. The summed E-state index contributed by atoms with van der Waals surface area (Å²) in [6, 6.07) is 16.3. The summed E-state index contributed by atoms with van der Waals surface area (Å²) in [5.74, 6) is -0.331. The standard InChI is InChI=1S/C22H23N3O4/c26-17(14-29-13-15-6-2-1-3-7-15)12-25-21(27)20(24-22(25)28)10-16-11-23-19-9-5-4-8-18(16)19/h1-9,11,17,20,23,26H,10,12-14H2,(H,24,28). The van der Waals surface area contributed by atoms with Crippen LogP contribution in [0.2, 0.25) is 0 Å². The number of fused-ring (bicyclic) bond motifs is 1. The normalized spacial score (nSPS) is 17.7. The zero-order chi connectivity index (χ0) is 20.2. The van der Waals surface area contributed by atoms with Gasteiger partial charge in [-0.1, -0.05) is 48.5 Å². The van der Waals surface area contributed by atoms with Gasteiger partial charge in [0.05, 0.1) is 25.9 Å². The minimum absolute atomic E-state index is 0.0407. The average Bonchev–Trinajstić information content (AvgIpc) is 3.25. The lowest BCUT2D eigenvalue weighted by Gasteiger charge is -2.18. The lowest BCUT2D eigenvalue weighted by Crippen LogP contribution is -2.39. The molecule has 0 bridgehead atoms. The van der Waals surface area contributed by atoms with Gasteiger partial charge in [-0.2, -0.15) is 0 Å². The van der Waals surface area contributed by atoms with Crippen LogP contribution in [0.1, 0.15) is 11.1 Å². The molecule has 150 valence electrons. The summed E-state index contributed by atoms with van der Waals surface area (Å²) < 4.78 is 5.50. The molecule has 0 aliphatic carbocycles. The van der Waals surface area contributed by atoms with Crippen molar-refractivity contribution < 1.29 is 19.4 Å². The Bertz CT molecular complexity index is 1000. The summed E-state index contributed by atoms with van der Waals surface area (Å²) >= 11 is 0. The van der Waals surface area contributed by atoms with Crippen LogP contribution in [0.15, 0.2) is 60.8 Å². The van der Waals surface area contributed by atoms with Gasteiger partial charge in [0, 0.05) is 23.5 Å². The fourth-order valence-corrected chi connectivity index (χ4v) is 3.56. The molecule has 7 nitrogen and oxygen atoms in total. The number of aliphatic hydroxyl groups excluding tert-OH is 1. The number of para-hydroxylation sites is 1. The van der Waals surface area contributed by atoms with Crippen molar-refractivity contribution in [1.82, 2.24) is 15.2 Å². The fraction of sp³-hybridized carbons (Fsp3) is 0.273. The maximum absolute atomic E-state index is 12.7. The van der Waals surface area contributed by atoms with Crippen molar-refractivity contribution in [2.45, 2.75) is 25.2 Å². The van der Waals surface area contributed by atoms with Gasteiger partial charge in [0.15, 0.2) is 0 Å². The lowest BCUT2D eigenvalue weighted by molar-refractivity contribution is -0.128. The van der Waals surface area contributed by atoms with Crippen molar-refractivity contribution in [3.05, 3.63) is 71.9 Å². The second-order valence-electron chi connectivity index (χ2n) is 7.17. The van der Waals surface area contributed by atoms with Crippen molar-refractivity contribution in [3.8, 4) is 0 Å². The van der Waals surface area contributed by atoms with Crippen molar-refractivity contribution in [2.24, 2.45) is 0 Å². The molecule has 0 spiro atoms. The first-order valence-electron chi connectivity index (χ1n) is 9.58. The fourth-order valence-electron chi connectivity index (χ4n) is 3.56. The zero-order valence-electron chi connectivity index (χ0n) is 15.9. The number of benzene rings is 2. The van der Waals surface area contributed by atoms with Crippen molar-refractivity contribution in [2.75, 3.05) is 13.2 Å². The van der Waals surface area contributed by atoms with Gasteiger partial charge in [-0.3, -0.25) is 9.69 Å². The minimum atomic E-state index is -0.944. The number of hydrogen-bond donors (Lipinski definition) is 3. The van der Waals surface area contributed by atoms with E-state index in [4.69, 9.17) is 4.74 Å². The largest absolute Gasteiger partial charge is 0.389 e. The predicted octanol–water partition coefficient (Wildman–Crippen LogP) is 2.21. The first kappa shape index (κ1) is 19.2. The molecule has 3 N–H and O–H groups in total. The van der Waals surface area contributed by atoms with E-state index >= 15 is 0 Å². The molecular weight excluding hydrogens is 370 g/mol. The van der Waals surface area contributed by atoms with E-state index in [1.54, 1.807) is 0 Å². The van der Waals surface area contributed by atoms with Gasteiger partial charge in [0.25, 0.3) is 5.91 Å². The maximum atomic E-state index is 12.7. The van der Waals surface area contributed by atoms with Gasteiger partial charge in [-0.05, 0) is 17.2 Å². The molecule has 3 aromatic rings. The zero-order valence-corrected chi connectivity index (χ0v) is 15.9. The number of urea groups is 1. The van der Waals surface area contributed by atoms with Crippen LogP contribution in [-0.2, 0) is 22.6 Å². The van der Waals surface area contributed by atoms with E-state index in [2.05, 4.69) is 10.3 Å². The number of nitrogens with zero attached hydrogens (tertiary/aromatic N) is 1. The molecule has 4 rings (SSSR count). The number of amides is 3. The van der Waals surface area contributed by atoms with E-state index in [1.165, 1.54) is 0 Å². The summed E-state index contributed by atoms with van der Waals surface area (Å²) in [7, 11) is 0. The summed E-state index contributed by atoms with van der Waals surface area (Å²) in [4.78, 5) is 29.2. The van der Waals surface area contributed by atoms with Gasteiger partial charge in [0.2, 0.25) is 0 Å². The highest BCUT2D eigenvalue weighted by molar-refractivity contribution is 6.04. The molecule has 29 heavy (non-hydrogen) atoms. The molecule has 2 heterocycles. The van der Waals surface area contributed by atoms with Crippen LogP contribution in [0.25, 0.3) is 10.9 Å². The third-order valence-electron chi connectivity index (χ3n) is 5.02. The second-order valence-corrected chi connectivity index (χ2v) is 7.17. The molecule has 7 heteroatoms. The Morgan fingerprint density at radius 1 is 1.07 bits per heavy atom. The van der Waals surface area contributed by atoms with Crippen LogP contribution in [-0.4, -0.2) is 52.2 Å². The third-order valence-corrected chi connectivity index (χ3v) is 5.02. The Kier molecular flexibility index (Phi) is 5.59. The number of aromatic nitrogens is 1. The number of rotatable bonds is 8. The molecule has 1 aliphatic rings. The monoisotopic (exact) mass is 393 g/mol. The van der Waals surface area contributed by atoms with Crippen LogP contribution in [0.5, 0.6) is 0 Å². The first-order chi connectivity index (χ1) is 14.1. The highest BCUT2D eigenvalue weighted by atomic mass is 16.5. The topological polar surface area (TPSA) is 94.7 Å². The summed E-state index contributed by atoms with van der Waals surface area (Å²) in [5, 5.41) is 13.9. The Morgan fingerprint density at radius 3 is 2.66 bits per heavy atom. The van der Waals surface area contributed by atoms with Crippen molar-refractivity contribution in [1.29, 1.82) is 0 Å². The Hall–Kier alpha value is -3.16. The van der Waals surface area contributed by atoms with E-state index in [1.807, 2.05) is 60.8 Å². The van der Waals surface area contributed by atoms with E-state index in [-0.39, 0.29) is 19.1 Å². The van der Waals surface area contributed by atoms with Crippen LogP contribution >= 0.6 is 0 Å². The summed E-state index contributed by atoms with van der Waals surface area (Å²) in [5.41, 5.74) is 2.95. The molecule has 2 atom stereocenters. The van der Waals surface area contributed by atoms with Crippen LogP contribution in [0.4, 0.5) is 4.79 Å². The highest BCUT2D eigenvalue weighted by Gasteiger charge is 2.39. The Morgan fingerprint density at radius 2 is 1.83 bits per heavy atom. The number of carbonyl (C=O) groups excluding carboxylic acids is 2. The number of hydrogen-bond acceptors (Lipinski definition) is 4. The number of ether oxygens (including phenoxy) is 1. The Labute approximate surface area is 168 Å². The molecular formula is C22H23N3O4. The van der Waals surface area contributed by atoms with Gasteiger partial charge in [-0.25, -0.2) is 4.79 Å². The van der Waals surface area contributed by atoms with Gasteiger partial charge in [0.1, 0.15) is 6.04 Å². The number of H-pyrrole nitrogens is 1. The Balaban J connectivity index is 1.32. The molecule has 1 aromatic heterocycles. The van der Waals surface area contributed by atoms with E-state index < -0.39 is 18.2 Å². The highest BCUT2D eigenvalue weighted by Crippen LogP contribution is 2.21. The van der Waals surface area contributed by atoms with Gasteiger partial charge >= 0.3 is 6.03 Å². The number of imide groups is 1. The van der Waals surface area contributed by atoms with E-state index in [0.717, 1.165) is 26.9 Å². The molecule has 1 saturated heterocycles. The lowest BCUT2D eigenvalue weighted by atomic mass is 10.1. The average molecular weight is 393 g/mol. The number of nitrogens with one attached hydrogen (secondary N) is 2. The first-order valence-corrected chi connectivity index (χ1v) is 9.58. The molecule has 2 aromatic carbocycles. The van der Waals surface area contributed by atoms with Crippen LogP contribution in [0, 0.1) is 0 Å². The third kappa shape index (κ3) is 4.31. The number of aliphatic hydroxyl groups is 1. The number of β-amino-alcohol motifs (C(OH)–C–C–N with tert-alkyl or cyclic N) is 1. The van der Waals surface area contributed by atoms with Gasteiger partial charge < -0.3 is 20.1 Å². The van der Waals surface area contributed by atoms with Crippen molar-refractivity contribution in [3.63, 3.8) is 0 Å².